The van der Waals surface area contributed by atoms with Crippen LogP contribution >= 0.6 is 23.2 Å². The number of benzene rings is 2. The van der Waals surface area contributed by atoms with Gasteiger partial charge >= 0.3 is 0 Å². The Bertz CT molecular complexity index is 797. The second kappa shape index (κ2) is 5.23. The van der Waals surface area contributed by atoms with Gasteiger partial charge in [-0.3, -0.25) is 4.79 Å². The fourth-order valence-corrected chi connectivity index (χ4v) is 2.55. The van der Waals surface area contributed by atoms with Gasteiger partial charge in [0.25, 0.3) is 0 Å². The van der Waals surface area contributed by atoms with E-state index in [1.54, 1.807) is 12.1 Å². The highest BCUT2D eigenvalue weighted by atomic mass is 35.5. The zero-order valence-corrected chi connectivity index (χ0v) is 11.8. The fraction of sp³-hybridized carbons (Fsp3) is 0. The number of halogens is 2. The number of carbonyl (C=O) groups is 1. The minimum atomic E-state index is 0.212. The third kappa shape index (κ3) is 2.17. The second-order valence-corrected chi connectivity index (χ2v) is 5.13. The van der Waals surface area contributed by atoms with Gasteiger partial charge in [0, 0.05) is 16.0 Å². The van der Waals surface area contributed by atoms with Crippen molar-refractivity contribution in [3.8, 4) is 11.3 Å². The lowest BCUT2D eigenvalue weighted by Gasteiger charge is -2.09. The summed E-state index contributed by atoms with van der Waals surface area (Å²) in [6.07, 6.45) is 0.739. The van der Waals surface area contributed by atoms with Crippen molar-refractivity contribution in [1.82, 2.24) is 4.98 Å². The minimum absolute atomic E-state index is 0.212. The third-order valence-corrected chi connectivity index (χ3v) is 3.68. The molecule has 3 aromatic rings. The van der Waals surface area contributed by atoms with Crippen molar-refractivity contribution in [2.24, 2.45) is 0 Å². The maximum atomic E-state index is 11.2. The normalized spacial score (nSPS) is 10.7. The van der Waals surface area contributed by atoms with E-state index in [9.17, 15) is 4.79 Å². The molecule has 2 nitrogen and oxygen atoms in total. The van der Waals surface area contributed by atoms with Crippen LogP contribution in [-0.2, 0) is 0 Å². The van der Waals surface area contributed by atoms with Gasteiger partial charge in [0.2, 0.25) is 0 Å². The molecule has 0 aliphatic rings. The van der Waals surface area contributed by atoms with Crippen LogP contribution in [0.15, 0.2) is 48.5 Å². The Morgan fingerprint density at radius 1 is 0.900 bits per heavy atom. The maximum Gasteiger partial charge on any atom is 0.153 e. The van der Waals surface area contributed by atoms with Crippen LogP contribution in [0, 0.1) is 0 Å². The maximum absolute atomic E-state index is 11.2. The quantitative estimate of drug-likeness (QED) is 0.491. The molecule has 0 bridgehead atoms. The fourth-order valence-electron chi connectivity index (χ4n) is 2.19. The molecule has 4 heteroatoms. The summed E-state index contributed by atoms with van der Waals surface area (Å²) in [5, 5.41) is 2.56. The van der Waals surface area contributed by atoms with E-state index in [4.69, 9.17) is 23.2 Å². The number of fused-ring (bicyclic) bond motifs is 1. The van der Waals surface area contributed by atoms with Crippen molar-refractivity contribution >= 4 is 40.3 Å². The van der Waals surface area contributed by atoms with Crippen molar-refractivity contribution in [3.05, 3.63) is 64.3 Å². The van der Waals surface area contributed by atoms with E-state index < -0.39 is 0 Å². The molecule has 0 atom stereocenters. The number of rotatable bonds is 2. The molecule has 0 saturated carbocycles. The molecule has 0 N–H and O–H groups in total. The van der Waals surface area contributed by atoms with Crippen LogP contribution in [0.4, 0.5) is 0 Å². The lowest BCUT2D eigenvalue weighted by molar-refractivity contribution is 0.112. The molecule has 0 amide bonds. The molecule has 1 aromatic heterocycles. The number of pyridine rings is 1. The van der Waals surface area contributed by atoms with Crippen LogP contribution in [0.1, 0.15) is 10.4 Å². The van der Waals surface area contributed by atoms with Crippen LogP contribution in [0.25, 0.3) is 22.0 Å². The van der Waals surface area contributed by atoms with Crippen molar-refractivity contribution < 1.29 is 4.79 Å². The molecule has 98 valence electrons. The van der Waals surface area contributed by atoms with Gasteiger partial charge in [0.1, 0.15) is 5.15 Å². The number of nitrogens with zero attached hydrogens (tertiary/aromatic N) is 1. The monoisotopic (exact) mass is 301 g/mol. The van der Waals surface area contributed by atoms with E-state index in [2.05, 4.69) is 4.98 Å². The molecule has 3 rings (SSSR count). The SMILES string of the molecule is O=Cc1c(Cl)nc(-c2ccc(Cl)cc2)c2ccccc12. The van der Waals surface area contributed by atoms with Crippen LogP contribution in [-0.4, -0.2) is 11.3 Å². The van der Waals surface area contributed by atoms with Crippen molar-refractivity contribution in [1.29, 1.82) is 0 Å². The standard InChI is InChI=1S/C16H9Cl2NO/c17-11-7-5-10(6-8-11)15-13-4-2-1-3-12(13)14(9-20)16(18)19-15/h1-9H. The molecule has 20 heavy (non-hydrogen) atoms. The third-order valence-electron chi connectivity index (χ3n) is 3.14. The zero-order chi connectivity index (χ0) is 14.1. The summed E-state index contributed by atoms with van der Waals surface area (Å²) in [5.41, 5.74) is 2.07. The molecule has 0 radical (unpaired) electrons. The molecule has 0 aliphatic heterocycles. The van der Waals surface area contributed by atoms with Gasteiger partial charge in [-0.05, 0) is 17.5 Å². The average molecular weight is 302 g/mol. The van der Waals surface area contributed by atoms with Crippen molar-refractivity contribution in [2.45, 2.75) is 0 Å². The van der Waals surface area contributed by atoms with E-state index in [1.165, 1.54) is 0 Å². The smallest absolute Gasteiger partial charge is 0.153 e. The molecule has 0 fully saturated rings. The second-order valence-electron chi connectivity index (χ2n) is 4.34. The first-order valence-electron chi connectivity index (χ1n) is 6.00. The van der Waals surface area contributed by atoms with E-state index >= 15 is 0 Å². The molecular formula is C16H9Cl2NO. The number of carbonyl (C=O) groups excluding carboxylic acids is 1. The molecule has 0 aliphatic carbocycles. The number of hydrogen-bond acceptors (Lipinski definition) is 2. The Morgan fingerprint density at radius 2 is 1.55 bits per heavy atom. The predicted molar refractivity (Wildman–Crippen MR) is 82.6 cm³/mol. The number of hydrogen-bond donors (Lipinski definition) is 0. The Labute approximate surface area is 126 Å². The molecule has 0 unspecified atom stereocenters. The Hall–Kier alpha value is -1.90. The predicted octanol–water partition coefficient (Wildman–Crippen LogP) is 5.02. The molecular weight excluding hydrogens is 293 g/mol. The van der Waals surface area contributed by atoms with Gasteiger partial charge in [-0.25, -0.2) is 4.98 Å². The highest BCUT2D eigenvalue weighted by molar-refractivity contribution is 6.33. The first-order valence-corrected chi connectivity index (χ1v) is 6.75. The summed E-state index contributed by atoms with van der Waals surface area (Å²) in [7, 11) is 0. The first kappa shape index (κ1) is 13.1. The summed E-state index contributed by atoms with van der Waals surface area (Å²) in [6, 6.07) is 14.9. The lowest BCUT2D eigenvalue weighted by atomic mass is 10.0. The molecule has 1 heterocycles. The Kier molecular flexibility index (Phi) is 3.43. The van der Waals surface area contributed by atoms with Gasteiger partial charge in [-0.2, -0.15) is 0 Å². The van der Waals surface area contributed by atoms with Crippen LogP contribution in [0.2, 0.25) is 10.2 Å². The van der Waals surface area contributed by atoms with Gasteiger partial charge in [-0.1, -0.05) is 59.6 Å². The summed E-state index contributed by atoms with van der Waals surface area (Å²) >= 11 is 12.0. The van der Waals surface area contributed by atoms with Gasteiger partial charge in [0.05, 0.1) is 11.3 Å². The number of aromatic nitrogens is 1. The summed E-state index contributed by atoms with van der Waals surface area (Å²) < 4.78 is 0. The van der Waals surface area contributed by atoms with Crippen LogP contribution < -0.4 is 0 Å². The van der Waals surface area contributed by atoms with Gasteiger partial charge in [-0.15, -0.1) is 0 Å². The Morgan fingerprint density at radius 3 is 2.20 bits per heavy atom. The highest BCUT2D eigenvalue weighted by Crippen LogP contribution is 2.32. The first-order chi connectivity index (χ1) is 9.70. The largest absolute Gasteiger partial charge is 0.298 e. The summed E-state index contributed by atoms with van der Waals surface area (Å²) in [4.78, 5) is 15.6. The van der Waals surface area contributed by atoms with Crippen LogP contribution in [0.3, 0.4) is 0 Å². The molecule has 0 saturated heterocycles. The summed E-state index contributed by atoms with van der Waals surface area (Å²) in [6.45, 7) is 0. The highest BCUT2D eigenvalue weighted by Gasteiger charge is 2.13. The van der Waals surface area contributed by atoms with E-state index in [-0.39, 0.29) is 5.15 Å². The molecule has 0 spiro atoms. The Balaban J connectivity index is 2.36. The van der Waals surface area contributed by atoms with E-state index in [1.807, 2.05) is 36.4 Å². The zero-order valence-electron chi connectivity index (χ0n) is 10.3. The average Bonchev–Trinajstić information content (AvgIpc) is 2.47. The number of aldehydes is 1. The molecule has 2 aromatic carbocycles. The topological polar surface area (TPSA) is 30.0 Å². The van der Waals surface area contributed by atoms with Crippen LogP contribution in [0.5, 0.6) is 0 Å². The van der Waals surface area contributed by atoms with E-state index in [0.717, 1.165) is 28.3 Å². The van der Waals surface area contributed by atoms with Gasteiger partial charge in [0.15, 0.2) is 6.29 Å². The lowest BCUT2D eigenvalue weighted by Crippen LogP contribution is -1.94. The van der Waals surface area contributed by atoms with Crippen molar-refractivity contribution in [2.75, 3.05) is 0 Å². The van der Waals surface area contributed by atoms with Gasteiger partial charge < -0.3 is 0 Å². The van der Waals surface area contributed by atoms with E-state index in [0.29, 0.717) is 10.6 Å². The van der Waals surface area contributed by atoms with Crippen molar-refractivity contribution in [3.63, 3.8) is 0 Å². The summed E-state index contributed by atoms with van der Waals surface area (Å²) in [5.74, 6) is 0. The minimum Gasteiger partial charge on any atom is -0.298 e.